The Morgan fingerprint density at radius 3 is 2.11 bits per heavy atom. The highest BCUT2D eigenvalue weighted by Crippen LogP contribution is 2.22. The van der Waals surface area contributed by atoms with E-state index in [0.29, 0.717) is 43.5 Å². The van der Waals surface area contributed by atoms with Crippen LogP contribution in [-0.2, 0) is 11.2 Å². The van der Waals surface area contributed by atoms with Crippen molar-refractivity contribution in [2.75, 3.05) is 13.1 Å². The van der Waals surface area contributed by atoms with Crippen LogP contribution < -0.4 is 11.1 Å². The molecule has 0 fully saturated rings. The largest absolute Gasteiger partial charge is 0.355 e. The molecule has 3 amide bonds. The van der Waals surface area contributed by atoms with Gasteiger partial charge in [0.25, 0.3) is 11.8 Å². The third kappa shape index (κ3) is 4.97. The number of nitrogens with one attached hydrogen (secondary N) is 1. The van der Waals surface area contributed by atoms with E-state index in [1.54, 1.807) is 24.3 Å². The number of nitrogens with zero attached hydrogens (tertiary/aromatic N) is 1. The number of carbonyl (C=O) groups is 3. The van der Waals surface area contributed by atoms with Crippen LogP contribution in [0, 0.1) is 0 Å². The zero-order valence-corrected chi connectivity index (χ0v) is 16.3. The minimum Gasteiger partial charge on any atom is -0.355 e. The van der Waals surface area contributed by atoms with Crippen molar-refractivity contribution in [1.29, 1.82) is 0 Å². The summed E-state index contributed by atoms with van der Waals surface area (Å²) >= 11 is 0. The van der Waals surface area contributed by atoms with Crippen LogP contribution in [0.1, 0.15) is 39.1 Å². The van der Waals surface area contributed by atoms with E-state index in [-0.39, 0.29) is 30.1 Å². The summed E-state index contributed by atoms with van der Waals surface area (Å²) in [6, 6.07) is 15.9. The molecule has 2 aromatic rings. The number of nitrogens with two attached hydrogens (primary N) is 1. The highest BCUT2D eigenvalue weighted by atomic mass is 35.5. The molecule has 1 aliphatic rings. The topological polar surface area (TPSA) is 92.5 Å². The molecule has 2 aromatic carbocycles. The van der Waals surface area contributed by atoms with Crippen molar-refractivity contribution in [3.8, 4) is 0 Å². The van der Waals surface area contributed by atoms with Crippen LogP contribution in [0.2, 0.25) is 0 Å². The second-order valence-electron chi connectivity index (χ2n) is 6.60. The molecule has 0 aliphatic carbocycles. The zero-order valence-electron chi connectivity index (χ0n) is 15.5. The van der Waals surface area contributed by atoms with E-state index >= 15 is 0 Å². The molecule has 1 atom stereocenters. The van der Waals surface area contributed by atoms with Crippen LogP contribution in [0.15, 0.2) is 54.6 Å². The molecule has 0 saturated heterocycles. The first-order valence-electron chi connectivity index (χ1n) is 9.10. The molecule has 3 N–H and O–H groups in total. The van der Waals surface area contributed by atoms with Crippen molar-refractivity contribution < 1.29 is 14.4 Å². The fourth-order valence-electron chi connectivity index (χ4n) is 3.14. The first kappa shape index (κ1) is 21.6. The molecule has 0 radical (unpaired) electrons. The van der Waals surface area contributed by atoms with Crippen molar-refractivity contribution >= 4 is 30.1 Å². The van der Waals surface area contributed by atoms with E-state index in [1.165, 1.54) is 4.90 Å². The summed E-state index contributed by atoms with van der Waals surface area (Å²) < 4.78 is 0. The average molecular weight is 402 g/mol. The van der Waals surface area contributed by atoms with Gasteiger partial charge in [0.15, 0.2) is 0 Å². The Morgan fingerprint density at radius 1 is 0.929 bits per heavy atom. The Bertz CT molecular complexity index is 807. The monoisotopic (exact) mass is 401 g/mol. The van der Waals surface area contributed by atoms with E-state index in [9.17, 15) is 14.4 Å². The Labute approximate surface area is 170 Å². The fraction of sp³-hybridized carbons (Fsp3) is 0.286. The van der Waals surface area contributed by atoms with Crippen molar-refractivity contribution in [3.05, 3.63) is 71.3 Å². The molecular weight excluding hydrogens is 378 g/mol. The summed E-state index contributed by atoms with van der Waals surface area (Å²) in [5.74, 6) is -0.686. The van der Waals surface area contributed by atoms with Crippen LogP contribution in [0.3, 0.4) is 0 Å². The zero-order chi connectivity index (χ0) is 19.2. The van der Waals surface area contributed by atoms with Gasteiger partial charge >= 0.3 is 0 Å². The van der Waals surface area contributed by atoms with E-state index < -0.39 is 6.04 Å². The molecule has 28 heavy (non-hydrogen) atoms. The number of hydrogen-bond acceptors (Lipinski definition) is 4. The third-order valence-corrected chi connectivity index (χ3v) is 4.62. The van der Waals surface area contributed by atoms with Gasteiger partial charge in [0.1, 0.15) is 0 Å². The number of hydrogen-bond donors (Lipinski definition) is 2. The number of imide groups is 1. The second kappa shape index (κ2) is 10.0. The van der Waals surface area contributed by atoms with E-state index in [4.69, 9.17) is 5.73 Å². The maximum atomic E-state index is 12.3. The lowest BCUT2D eigenvalue weighted by Crippen LogP contribution is -2.42. The minimum absolute atomic E-state index is 0. The SMILES string of the molecule is Cl.N[C@@H](Cc1ccccc1)C(=O)NCCCCN1C(=O)c2ccccc2C1=O. The highest BCUT2D eigenvalue weighted by molar-refractivity contribution is 6.21. The number of amides is 3. The molecule has 1 aliphatic heterocycles. The standard InChI is InChI=1S/C21H23N3O3.ClH/c22-18(14-15-8-2-1-3-9-15)19(25)23-12-6-7-13-24-20(26)16-10-4-5-11-17(16)21(24)27;/h1-5,8-11,18H,6-7,12-14,22H2,(H,23,25);1H/t18-;/m0./s1. The lowest BCUT2D eigenvalue weighted by Gasteiger charge is -2.15. The predicted octanol–water partition coefficient (Wildman–Crippen LogP) is 2.17. The summed E-state index contributed by atoms with van der Waals surface area (Å²) in [7, 11) is 0. The lowest BCUT2D eigenvalue weighted by atomic mass is 10.1. The average Bonchev–Trinajstić information content (AvgIpc) is 2.93. The fourth-order valence-corrected chi connectivity index (χ4v) is 3.14. The molecule has 0 saturated carbocycles. The van der Waals surface area contributed by atoms with Gasteiger partial charge in [-0.15, -0.1) is 12.4 Å². The molecule has 1 heterocycles. The minimum atomic E-state index is -0.594. The number of carbonyl (C=O) groups excluding carboxylic acids is 3. The number of rotatable bonds is 8. The van der Waals surface area contributed by atoms with Gasteiger partial charge in [-0.1, -0.05) is 42.5 Å². The quantitative estimate of drug-likeness (QED) is 0.523. The van der Waals surface area contributed by atoms with Crippen LogP contribution in [0.5, 0.6) is 0 Å². The molecule has 3 rings (SSSR count). The lowest BCUT2D eigenvalue weighted by molar-refractivity contribution is -0.122. The van der Waals surface area contributed by atoms with Crippen LogP contribution in [-0.4, -0.2) is 41.8 Å². The van der Waals surface area contributed by atoms with Gasteiger partial charge in [0.2, 0.25) is 5.91 Å². The number of fused-ring (bicyclic) bond motifs is 1. The van der Waals surface area contributed by atoms with Crippen LogP contribution in [0.4, 0.5) is 0 Å². The molecule has 7 heteroatoms. The van der Waals surface area contributed by atoms with Gasteiger partial charge in [0.05, 0.1) is 17.2 Å². The predicted molar refractivity (Wildman–Crippen MR) is 109 cm³/mol. The number of benzene rings is 2. The van der Waals surface area contributed by atoms with E-state index in [2.05, 4.69) is 5.32 Å². The number of unbranched alkanes of at least 4 members (excludes halogenated alkanes) is 1. The molecule has 0 bridgehead atoms. The van der Waals surface area contributed by atoms with Crippen molar-refractivity contribution in [2.45, 2.75) is 25.3 Å². The summed E-state index contributed by atoms with van der Waals surface area (Å²) in [6.45, 7) is 0.808. The Kier molecular flexibility index (Phi) is 7.72. The smallest absolute Gasteiger partial charge is 0.261 e. The Balaban J connectivity index is 0.00000280. The summed E-state index contributed by atoms with van der Waals surface area (Å²) in [5.41, 5.74) is 7.88. The van der Waals surface area contributed by atoms with Crippen LogP contribution in [0.25, 0.3) is 0 Å². The molecular formula is C21H24ClN3O3. The molecule has 6 nitrogen and oxygen atoms in total. The van der Waals surface area contributed by atoms with Gasteiger partial charge in [-0.2, -0.15) is 0 Å². The van der Waals surface area contributed by atoms with Crippen molar-refractivity contribution in [1.82, 2.24) is 10.2 Å². The Morgan fingerprint density at radius 2 is 1.50 bits per heavy atom. The second-order valence-corrected chi connectivity index (χ2v) is 6.60. The van der Waals surface area contributed by atoms with Crippen molar-refractivity contribution in [2.24, 2.45) is 5.73 Å². The van der Waals surface area contributed by atoms with Gasteiger partial charge < -0.3 is 11.1 Å². The highest BCUT2D eigenvalue weighted by Gasteiger charge is 2.34. The van der Waals surface area contributed by atoms with Gasteiger partial charge in [-0.25, -0.2) is 0 Å². The maximum Gasteiger partial charge on any atom is 0.261 e. The van der Waals surface area contributed by atoms with Crippen molar-refractivity contribution in [3.63, 3.8) is 0 Å². The first-order valence-corrected chi connectivity index (χ1v) is 9.10. The summed E-state index contributed by atoms with van der Waals surface area (Å²) in [4.78, 5) is 37.9. The molecule has 0 aromatic heterocycles. The van der Waals surface area contributed by atoms with E-state index in [0.717, 1.165) is 5.56 Å². The Hall–Kier alpha value is -2.70. The first-order chi connectivity index (χ1) is 13.1. The maximum absolute atomic E-state index is 12.3. The molecule has 0 spiro atoms. The van der Waals surface area contributed by atoms with Gasteiger partial charge in [-0.05, 0) is 37.0 Å². The summed E-state index contributed by atoms with van der Waals surface area (Å²) in [5, 5.41) is 2.82. The third-order valence-electron chi connectivity index (χ3n) is 4.62. The molecule has 0 unspecified atom stereocenters. The number of halogens is 1. The van der Waals surface area contributed by atoms with Crippen LogP contribution >= 0.6 is 12.4 Å². The van der Waals surface area contributed by atoms with E-state index in [1.807, 2.05) is 30.3 Å². The molecule has 148 valence electrons. The normalized spacial score (nSPS) is 13.7. The summed E-state index contributed by atoms with van der Waals surface area (Å²) in [6.07, 6.45) is 1.78. The van der Waals surface area contributed by atoms with Gasteiger partial charge in [-0.3, -0.25) is 19.3 Å². The van der Waals surface area contributed by atoms with Gasteiger partial charge in [0, 0.05) is 13.1 Å².